The topological polar surface area (TPSA) is 39.4 Å². The van der Waals surface area contributed by atoms with Crippen molar-refractivity contribution in [2.45, 2.75) is 19.8 Å². The summed E-state index contributed by atoms with van der Waals surface area (Å²) >= 11 is 6.02. The average molecular weight is 398 g/mol. The normalized spacial score (nSPS) is 11.3. The zero-order valence-electron chi connectivity index (χ0n) is 15.3. The summed E-state index contributed by atoms with van der Waals surface area (Å²) in [5, 5.41) is 0. The summed E-state index contributed by atoms with van der Waals surface area (Å²) in [5.41, 5.74) is 2.09. The van der Waals surface area contributed by atoms with Gasteiger partial charge in [-0.25, -0.2) is 4.79 Å². The molecule has 0 spiro atoms. The molecule has 3 aromatic rings. The Morgan fingerprint density at radius 1 is 0.889 bits per heavy atom. The van der Waals surface area contributed by atoms with Crippen LogP contribution in [0, 0.1) is 6.92 Å². The minimum Gasteiger partial charge on any atom is -0.466 e. The van der Waals surface area contributed by atoms with Gasteiger partial charge in [-0.2, -0.15) is 0 Å². The molecule has 0 atom stereocenters. The molecule has 1 aromatic heterocycles. The fraction of sp³-hybridized carbons (Fsp3) is 0.227. The molecule has 0 saturated heterocycles. The van der Waals surface area contributed by atoms with E-state index in [0.717, 1.165) is 25.2 Å². The average Bonchev–Trinajstić information content (AvgIpc) is 2.66. The van der Waals surface area contributed by atoms with Crippen molar-refractivity contribution in [1.29, 1.82) is 0 Å². The molecule has 140 valence electrons. The van der Waals surface area contributed by atoms with Gasteiger partial charge in [0.25, 0.3) is 0 Å². The van der Waals surface area contributed by atoms with Crippen molar-refractivity contribution in [1.82, 2.24) is 0 Å². The highest BCUT2D eigenvalue weighted by Gasteiger charge is 2.20. The minimum absolute atomic E-state index is 0.405. The van der Waals surface area contributed by atoms with Crippen LogP contribution < -0.4 is 10.1 Å². The van der Waals surface area contributed by atoms with E-state index in [-0.39, 0.29) is 0 Å². The fourth-order valence-electron chi connectivity index (χ4n) is 2.91. The third-order valence-corrected chi connectivity index (χ3v) is 7.98. The molecule has 0 aliphatic heterocycles. The molecular formula is C22H23O3PS. The lowest BCUT2D eigenvalue weighted by Crippen LogP contribution is -2.08. The van der Waals surface area contributed by atoms with Gasteiger partial charge in [0.15, 0.2) is 0 Å². The molecule has 0 N–H and O–H groups in total. The maximum atomic E-state index is 11.7. The van der Waals surface area contributed by atoms with Crippen LogP contribution in [0.3, 0.4) is 0 Å². The highest BCUT2D eigenvalue weighted by Crippen LogP contribution is 2.48. The molecule has 0 radical (unpaired) electrons. The van der Waals surface area contributed by atoms with Crippen LogP contribution in [0.2, 0.25) is 0 Å². The van der Waals surface area contributed by atoms with Crippen molar-refractivity contribution in [3.8, 4) is 5.75 Å². The lowest BCUT2D eigenvalue weighted by molar-refractivity contribution is 0.468. The molecule has 0 aliphatic carbocycles. The molecule has 0 unspecified atom stereocenters. The van der Waals surface area contributed by atoms with Crippen molar-refractivity contribution in [3.05, 3.63) is 100 Å². The Kier molecular flexibility index (Phi) is 6.65. The number of rotatable bonds is 8. The molecule has 0 bridgehead atoms. The summed E-state index contributed by atoms with van der Waals surface area (Å²) in [6.07, 6.45) is 1.16. The van der Waals surface area contributed by atoms with Gasteiger partial charge < -0.3 is 8.94 Å². The molecule has 0 amide bonds. The van der Waals surface area contributed by atoms with Crippen LogP contribution in [0.25, 0.3) is 0 Å². The van der Waals surface area contributed by atoms with Crippen LogP contribution in [0.1, 0.15) is 16.9 Å². The first-order valence-electron chi connectivity index (χ1n) is 9.00. The van der Waals surface area contributed by atoms with Gasteiger partial charge in [0.05, 0.1) is 6.07 Å². The highest BCUT2D eigenvalue weighted by molar-refractivity contribution is 8.12. The Balaban J connectivity index is 1.78. The molecule has 0 fully saturated rings. The summed E-state index contributed by atoms with van der Waals surface area (Å²) in [4.78, 5) is 11.7. The van der Waals surface area contributed by atoms with E-state index in [1.165, 1.54) is 17.2 Å². The van der Waals surface area contributed by atoms with Gasteiger partial charge >= 0.3 is 5.63 Å². The molecule has 3 nitrogen and oxygen atoms in total. The predicted octanol–water partition coefficient (Wildman–Crippen LogP) is 5.21. The fourth-order valence-corrected chi connectivity index (χ4v) is 5.81. The summed E-state index contributed by atoms with van der Waals surface area (Å²) in [7, 11) is 0. The van der Waals surface area contributed by atoms with Crippen LogP contribution >= 0.6 is 6.26 Å². The standard InChI is InChI=1S/C22H23O3PS/c1-18-16-21(17-22(23)24-18)25-26(27,14-12-19-8-4-2-5-9-19)15-13-20-10-6-3-7-11-20/h2-11,16-17H,12-15H2,1H3. The van der Waals surface area contributed by atoms with E-state index < -0.39 is 11.9 Å². The van der Waals surface area contributed by atoms with Crippen molar-refractivity contribution in [3.63, 3.8) is 0 Å². The third kappa shape index (κ3) is 6.20. The Bertz CT molecular complexity index is 920. The summed E-state index contributed by atoms with van der Waals surface area (Å²) in [6.45, 7) is 1.74. The molecule has 27 heavy (non-hydrogen) atoms. The monoisotopic (exact) mass is 398 g/mol. The van der Waals surface area contributed by atoms with Crippen LogP contribution in [-0.2, 0) is 24.6 Å². The first-order chi connectivity index (χ1) is 13.0. The van der Waals surface area contributed by atoms with Gasteiger partial charge in [0, 0.05) is 18.4 Å². The molecule has 0 aliphatic rings. The van der Waals surface area contributed by atoms with Crippen molar-refractivity contribution < 1.29 is 8.94 Å². The van der Waals surface area contributed by atoms with Gasteiger partial charge in [-0.3, -0.25) is 0 Å². The van der Waals surface area contributed by atoms with E-state index in [1.807, 2.05) is 36.4 Å². The highest BCUT2D eigenvalue weighted by atomic mass is 32.4. The first-order valence-corrected chi connectivity index (χ1v) is 12.1. The Morgan fingerprint density at radius 2 is 1.41 bits per heavy atom. The van der Waals surface area contributed by atoms with Crippen molar-refractivity contribution >= 4 is 18.1 Å². The SMILES string of the molecule is Cc1cc(OP(=S)(CCc2ccccc2)CCc2ccccc2)cc(=O)o1. The van der Waals surface area contributed by atoms with Gasteiger partial charge in [-0.05, 0) is 30.9 Å². The van der Waals surface area contributed by atoms with E-state index >= 15 is 0 Å². The molecule has 0 saturated carbocycles. The van der Waals surface area contributed by atoms with E-state index in [0.29, 0.717) is 11.5 Å². The Morgan fingerprint density at radius 3 is 1.89 bits per heavy atom. The quantitative estimate of drug-likeness (QED) is 0.489. The lowest BCUT2D eigenvalue weighted by Gasteiger charge is -2.24. The zero-order chi connectivity index (χ0) is 19.1. The largest absolute Gasteiger partial charge is 0.466 e. The van der Waals surface area contributed by atoms with Crippen LogP contribution in [0.4, 0.5) is 0 Å². The molecular weight excluding hydrogens is 375 g/mol. The van der Waals surface area contributed by atoms with Crippen LogP contribution in [0.5, 0.6) is 5.75 Å². The van der Waals surface area contributed by atoms with Crippen molar-refractivity contribution in [2.24, 2.45) is 0 Å². The maximum absolute atomic E-state index is 11.7. The third-order valence-electron chi connectivity index (χ3n) is 4.31. The molecule has 5 heteroatoms. The van der Waals surface area contributed by atoms with Gasteiger partial charge in [0.2, 0.25) is 0 Å². The molecule has 3 rings (SSSR count). The smallest absolute Gasteiger partial charge is 0.339 e. The first kappa shape index (κ1) is 19.6. The minimum atomic E-state index is -2.16. The van der Waals surface area contributed by atoms with E-state index in [2.05, 4.69) is 24.3 Å². The number of aryl methyl sites for hydroxylation is 3. The van der Waals surface area contributed by atoms with Crippen molar-refractivity contribution in [2.75, 3.05) is 12.3 Å². The number of benzene rings is 2. The second kappa shape index (κ2) is 9.16. The van der Waals surface area contributed by atoms with E-state index in [1.54, 1.807) is 13.0 Å². The summed E-state index contributed by atoms with van der Waals surface area (Å²) in [5.74, 6) is 1.05. The van der Waals surface area contributed by atoms with E-state index in [9.17, 15) is 4.79 Å². The maximum Gasteiger partial charge on any atom is 0.339 e. The van der Waals surface area contributed by atoms with Gasteiger partial charge in [0.1, 0.15) is 17.8 Å². The summed E-state index contributed by atoms with van der Waals surface area (Å²) < 4.78 is 11.3. The van der Waals surface area contributed by atoms with Crippen LogP contribution in [0.15, 0.2) is 82.0 Å². The second-order valence-electron chi connectivity index (χ2n) is 6.55. The Labute approximate surface area is 165 Å². The predicted molar refractivity (Wildman–Crippen MR) is 115 cm³/mol. The second-order valence-corrected chi connectivity index (χ2v) is 11.2. The number of hydrogen-bond donors (Lipinski definition) is 0. The lowest BCUT2D eigenvalue weighted by atomic mass is 10.2. The Hall–Kier alpha value is -2.16. The molecule has 2 aromatic carbocycles. The summed E-state index contributed by atoms with van der Waals surface area (Å²) in [6, 6.07) is 23.7. The van der Waals surface area contributed by atoms with Crippen LogP contribution in [-0.4, -0.2) is 12.3 Å². The molecule has 1 heterocycles. The van der Waals surface area contributed by atoms with Gasteiger partial charge in [-0.15, -0.1) is 0 Å². The zero-order valence-corrected chi connectivity index (χ0v) is 17.0. The van der Waals surface area contributed by atoms with E-state index in [4.69, 9.17) is 20.7 Å². The number of hydrogen-bond acceptors (Lipinski definition) is 4. The van der Waals surface area contributed by atoms with Gasteiger partial charge in [-0.1, -0.05) is 72.5 Å².